The number of hydrogen-bond donors (Lipinski definition) is 1. The van der Waals surface area contributed by atoms with E-state index in [1.807, 2.05) is 30.3 Å². The molecule has 1 saturated heterocycles. The summed E-state index contributed by atoms with van der Waals surface area (Å²) in [5.74, 6) is -0.0122. The van der Waals surface area contributed by atoms with Crippen LogP contribution in [-0.4, -0.2) is 22.0 Å². The summed E-state index contributed by atoms with van der Waals surface area (Å²) in [6.07, 6.45) is 7.52. The fourth-order valence-electron chi connectivity index (χ4n) is 2.95. The smallest absolute Gasteiger partial charge is 0.276 e. The summed E-state index contributed by atoms with van der Waals surface area (Å²) in [5.41, 5.74) is 1.48. The number of carbonyl (C=O) groups is 1. The second-order valence-electron chi connectivity index (χ2n) is 5.51. The highest BCUT2D eigenvalue weighted by Gasteiger charge is 2.36. The van der Waals surface area contributed by atoms with Crippen LogP contribution in [0.4, 0.5) is 0 Å². The van der Waals surface area contributed by atoms with Gasteiger partial charge in [0, 0.05) is 11.1 Å². The first-order valence-electron chi connectivity index (χ1n) is 7.27. The van der Waals surface area contributed by atoms with E-state index >= 15 is 0 Å². The van der Waals surface area contributed by atoms with E-state index in [2.05, 4.69) is 5.32 Å². The van der Waals surface area contributed by atoms with Crippen molar-refractivity contribution < 1.29 is 4.79 Å². The van der Waals surface area contributed by atoms with Crippen LogP contribution in [-0.2, 0) is 4.79 Å². The van der Waals surface area contributed by atoms with Crippen LogP contribution < -0.4 is 5.32 Å². The van der Waals surface area contributed by atoms with Crippen LogP contribution in [0.15, 0.2) is 30.0 Å². The Bertz CT molecular complexity index is 591. The first-order chi connectivity index (χ1) is 10.1. The van der Waals surface area contributed by atoms with Gasteiger partial charge in [-0.05, 0) is 48.8 Å². The Morgan fingerprint density at radius 2 is 1.86 bits per heavy atom. The largest absolute Gasteiger partial charge is 0.328 e. The molecule has 2 fully saturated rings. The number of hydrogen-bond acceptors (Lipinski definition) is 2. The van der Waals surface area contributed by atoms with Gasteiger partial charge in [0.15, 0.2) is 5.11 Å². The monoisotopic (exact) mass is 320 g/mol. The topological polar surface area (TPSA) is 32.3 Å². The fraction of sp³-hybridized carbons (Fsp3) is 0.375. The third-order valence-electron chi connectivity index (χ3n) is 4.03. The molecule has 1 aliphatic carbocycles. The molecule has 0 spiro atoms. The number of amides is 1. The first-order valence-corrected chi connectivity index (χ1v) is 8.05. The minimum absolute atomic E-state index is 0.0122. The Hall–Kier alpha value is -1.39. The van der Waals surface area contributed by atoms with Crippen LogP contribution in [0.3, 0.4) is 0 Å². The zero-order valence-electron chi connectivity index (χ0n) is 11.6. The number of rotatable bonds is 2. The first kappa shape index (κ1) is 14.5. The lowest BCUT2D eigenvalue weighted by atomic mass is 9.94. The lowest BCUT2D eigenvalue weighted by molar-refractivity contribution is -0.124. The predicted octanol–water partition coefficient (Wildman–Crippen LogP) is 3.73. The molecule has 110 valence electrons. The van der Waals surface area contributed by atoms with Crippen LogP contribution in [0.1, 0.15) is 37.7 Å². The van der Waals surface area contributed by atoms with Gasteiger partial charge in [-0.15, -0.1) is 0 Å². The van der Waals surface area contributed by atoms with Gasteiger partial charge in [0.25, 0.3) is 5.91 Å². The SMILES string of the molecule is O=C1C(=Cc2ccc(Cl)cc2)NC(=S)N1C1CCCCC1. The molecule has 1 aromatic carbocycles. The van der Waals surface area contributed by atoms with Crippen molar-refractivity contribution in [3.05, 3.63) is 40.5 Å². The molecule has 1 aliphatic heterocycles. The summed E-state index contributed by atoms with van der Waals surface area (Å²) in [6.45, 7) is 0. The van der Waals surface area contributed by atoms with E-state index in [1.165, 1.54) is 19.3 Å². The van der Waals surface area contributed by atoms with Gasteiger partial charge in [0.2, 0.25) is 0 Å². The van der Waals surface area contributed by atoms with Crippen molar-refractivity contribution >= 4 is 40.9 Å². The Labute approximate surface area is 135 Å². The summed E-state index contributed by atoms with van der Waals surface area (Å²) >= 11 is 11.2. The maximum absolute atomic E-state index is 12.6. The zero-order chi connectivity index (χ0) is 14.8. The molecule has 1 amide bonds. The van der Waals surface area contributed by atoms with Crippen LogP contribution in [0.25, 0.3) is 6.08 Å². The molecule has 0 aromatic heterocycles. The van der Waals surface area contributed by atoms with Crippen LogP contribution in [0, 0.1) is 0 Å². The van der Waals surface area contributed by atoms with Gasteiger partial charge in [0.1, 0.15) is 5.70 Å². The van der Waals surface area contributed by atoms with Gasteiger partial charge in [0.05, 0.1) is 0 Å². The maximum atomic E-state index is 12.6. The van der Waals surface area contributed by atoms with Gasteiger partial charge in [-0.1, -0.05) is 43.0 Å². The average molecular weight is 321 g/mol. The maximum Gasteiger partial charge on any atom is 0.276 e. The third kappa shape index (κ3) is 3.11. The fourth-order valence-corrected chi connectivity index (χ4v) is 3.41. The molecule has 0 atom stereocenters. The van der Waals surface area contributed by atoms with Crippen molar-refractivity contribution in [2.75, 3.05) is 0 Å². The van der Waals surface area contributed by atoms with Crippen LogP contribution in [0.2, 0.25) is 5.02 Å². The van der Waals surface area contributed by atoms with Gasteiger partial charge >= 0.3 is 0 Å². The molecule has 1 heterocycles. The molecule has 1 aromatic rings. The summed E-state index contributed by atoms with van der Waals surface area (Å²) in [7, 11) is 0. The van der Waals surface area contributed by atoms with Crippen molar-refractivity contribution in [2.45, 2.75) is 38.1 Å². The summed E-state index contributed by atoms with van der Waals surface area (Å²) in [5, 5.41) is 4.27. The van der Waals surface area contributed by atoms with Gasteiger partial charge in [-0.3, -0.25) is 9.69 Å². The molecule has 1 N–H and O–H groups in total. The molecule has 0 radical (unpaired) electrons. The van der Waals surface area contributed by atoms with Gasteiger partial charge in [-0.25, -0.2) is 0 Å². The second-order valence-corrected chi connectivity index (χ2v) is 6.33. The van der Waals surface area contributed by atoms with Gasteiger partial charge < -0.3 is 5.32 Å². The van der Waals surface area contributed by atoms with E-state index in [-0.39, 0.29) is 11.9 Å². The number of halogens is 1. The number of nitrogens with zero attached hydrogens (tertiary/aromatic N) is 1. The van der Waals surface area contributed by atoms with Crippen LogP contribution >= 0.6 is 23.8 Å². The van der Waals surface area contributed by atoms with E-state index in [4.69, 9.17) is 23.8 Å². The van der Waals surface area contributed by atoms with E-state index in [0.717, 1.165) is 18.4 Å². The number of thiocarbonyl (C=S) groups is 1. The lowest BCUT2D eigenvalue weighted by Crippen LogP contribution is -2.41. The molecular formula is C16H17ClN2OS. The van der Waals surface area contributed by atoms with Crippen molar-refractivity contribution in [3.63, 3.8) is 0 Å². The van der Waals surface area contributed by atoms with Gasteiger partial charge in [-0.2, -0.15) is 0 Å². The van der Waals surface area contributed by atoms with Crippen molar-refractivity contribution in [3.8, 4) is 0 Å². The highest BCUT2D eigenvalue weighted by molar-refractivity contribution is 7.80. The lowest BCUT2D eigenvalue weighted by Gasteiger charge is -2.29. The molecule has 5 heteroatoms. The Balaban J connectivity index is 1.80. The number of nitrogens with one attached hydrogen (secondary N) is 1. The Morgan fingerprint density at radius 3 is 2.52 bits per heavy atom. The minimum atomic E-state index is -0.0122. The summed E-state index contributed by atoms with van der Waals surface area (Å²) in [4.78, 5) is 14.3. The quantitative estimate of drug-likeness (QED) is 0.665. The molecule has 3 nitrogen and oxygen atoms in total. The molecule has 2 aliphatic rings. The van der Waals surface area contributed by atoms with Crippen molar-refractivity contribution in [1.29, 1.82) is 0 Å². The normalized spacial score (nSPS) is 22.0. The third-order valence-corrected chi connectivity index (χ3v) is 4.58. The van der Waals surface area contributed by atoms with E-state index < -0.39 is 0 Å². The molecule has 21 heavy (non-hydrogen) atoms. The molecule has 3 rings (SSSR count). The van der Waals surface area contributed by atoms with Crippen molar-refractivity contribution in [2.24, 2.45) is 0 Å². The second kappa shape index (κ2) is 6.16. The molecule has 1 saturated carbocycles. The highest BCUT2D eigenvalue weighted by Crippen LogP contribution is 2.27. The zero-order valence-corrected chi connectivity index (χ0v) is 13.2. The number of benzene rings is 1. The van der Waals surface area contributed by atoms with E-state index in [9.17, 15) is 4.79 Å². The van der Waals surface area contributed by atoms with Crippen molar-refractivity contribution in [1.82, 2.24) is 10.2 Å². The number of carbonyl (C=O) groups excluding carboxylic acids is 1. The molecule has 0 unspecified atom stereocenters. The standard InChI is InChI=1S/C16H17ClN2OS/c17-12-8-6-11(7-9-12)10-14-15(20)19(16(21)18-14)13-4-2-1-3-5-13/h6-10,13H,1-5H2,(H,18,21). The highest BCUT2D eigenvalue weighted by atomic mass is 35.5. The molecular weight excluding hydrogens is 304 g/mol. The minimum Gasteiger partial charge on any atom is -0.328 e. The average Bonchev–Trinajstić information content (AvgIpc) is 2.77. The van der Waals surface area contributed by atoms with E-state index in [1.54, 1.807) is 4.90 Å². The molecule has 0 bridgehead atoms. The Morgan fingerprint density at radius 1 is 1.19 bits per heavy atom. The van der Waals surface area contributed by atoms with Crippen LogP contribution in [0.5, 0.6) is 0 Å². The Kier molecular flexibility index (Phi) is 4.27. The predicted molar refractivity (Wildman–Crippen MR) is 88.9 cm³/mol. The summed E-state index contributed by atoms with van der Waals surface area (Å²) in [6, 6.07) is 7.64. The summed E-state index contributed by atoms with van der Waals surface area (Å²) < 4.78 is 0. The van der Waals surface area contributed by atoms with E-state index in [0.29, 0.717) is 15.8 Å².